The van der Waals surface area contributed by atoms with Gasteiger partial charge in [-0.15, -0.1) is 0 Å². The van der Waals surface area contributed by atoms with Gasteiger partial charge in [-0.25, -0.2) is 0 Å². The van der Waals surface area contributed by atoms with Gasteiger partial charge in [0.2, 0.25) is 0 Å². The fraction of sp³-hybridized carbons (Fsp3) is 0.316. The number of pyridine rings is 1. The van der Waals surface area contributed by atoms with Gasteiger partial charge in [-0.1, -0.05) is 13.0 Å². The van der Waals surface area contributed by atoms with E-state index < -0.39 is 0 Å². The number of rotatable bonds is 4. The molecule has 1 saturated heterocycles. The molecule has 6 heteroatoms. The number of hydrogen-bond donors (Lipinski definition) is 2. The summed E-state index contributed by atoms with van der Waals surface area (Å²) in [4.78, 5) is 30.7. The lowest BCUT2D eigenvalue weighted by Crippen LogP contribution is -2.34. The van der Waals surface area contributed by atoms with Crippen LogP contribution in [0.1, 0.15) is 34.1 Å². The number of benzene rings is 1. The molecule has 0 bridgehead atoms. The Morgan fingerprint density at radius 3 is 2.76 bits per heavy atom. The molecule has 3 N–H and O–H groups in total. The molecule has 0 radical (unpaired) electrons. The summed E-state index contributed by atoms with van der Waals surface area (Å²) in [7, 11) is 0. The van der Waals surface area contributed by atoms with Crippen molar-refractivity contribution in [3.05, 3.63) is 59.9 Å². The van der Waals surface area contributed by atoms with Crippen molar-refractivity contribution in [3.63, 3.8) is 0 Å². The Bertz CT molecular complexity index is 778. The third-order valence-electron chi connectivity index (χ3n) is 4.63. The summed E-state index contributed by atoms with van der Waals surface area (Å²) in [6.07, 6.45) is 4.02. The molecule has 1 aromatic carbocycles. The smallest absolute Gasteiger partial charge is 0.257 e. The highest BCUT2D eigenvalue weighted by atomic mass is 16.2. The molecule has 1 fully saturated rings. The van der Waals surface area contributed by atoms with E-state index in [1.807, 2.05) is 4.90 Å². The van der Waals surface area contributed by atoms with Gasteiger partial charge in [0.1, 0.15) is 0 Å². The fourth-order valence-corrected chi connectivity index (χ4v) is 2.98. The Balaban J connectivity index is 1.71. The van der Waals surface area contributed by atoms with E-state index in [1.165, 1.54) is 6.20 Å². The van der Waals surface area contributed by atoms with Crippen molar-refractivity contribution in [2.24, 2.45) is 11.1 Å². The lowest BCUT2D eigenvalue weighted by atomic mass is 9.90. The Morgan fingerprint density at radius 2 is 2.08 bits per heavy atom. The molecule has 6 nitrogen and oxygen atoms in total. The van der Waals surface area contributed by atoms with Crippen LogP contribution in [-0.2, 0) is 0 Å². The van der Waals surface area contributed by atoms with Crippen molar-refractivity contribution >= 4 is 17.5 Å². The molecule has 1 aliphatic rings. The number of likely N-dealkylation sites (tertiary alicyclic amines) is 1. The van der Waals surface area contributed by atoms with Crippen molar-refractivity contribution < 1.29 is 9.59 Å². The SMILES string of the molecule is CC1(CN)CCN(C(=O)c2cccc(NC(=O)c3cccnc3)c2)C1. The van der Waals surface area contributed by atoms with E-state index in [-0.39, 0.29) is 17.2 Å². The second kappa shape index (κ2) is 7.03. The molecule has 2 aromatic rings. The van der Waals surface area contributed by atoms with Gasteiger partial charge >= 0.3 is 0 Å². The largest absolute Gasteiger partial charge is 0.338 e. The Kier molecular flexibility index (Phi) is 4.81. The molecule has 2 heterocycles. The Hall–Kier alpha value is -2.73. The van der Waals surface area contributed by atoms with Gasteiger partial charge < -0.3 is 16.0 Å². The molecule has 1 aromatic heterocycles. The zero-order chi connectivity index (χ0) is 17.9. The molecular formula is C19H22N4O2. The van der Waals surface area contributed by atoms with Gasteiger partial charge in [0.05, 0.1) is 5.56 Å². The van der Waals surface area contributed by atoms with Crippen LogP contribution in [0.25, 0.3) is 0 Å². The van der Waals surface area contributed by atoms with E-state index in [4.69, 9.17) is 5.73 Å². The molecule has 1 unspecified atom stereocenters. The fourth-order valence-electron chi connectivity index (χ4n) is 2.98. The first kappa shape index (κ1) is 17.1. The van der Waals surface area contributed by atoms with Crippen molar-refractivity contribution in [2.45, 2.75) is 13.3 Å². The molecule has 0 aliphatic carbocycles. The minimum Gasteiger partial charge on any atom is -0.338 e. The number of aromatic nitrogens is 1. The van der Waals surface area contributed by atoms with Gasteiger partial charge in [-0.05, 0) is 48.7 Å². The van der Waals surface area contributed by atoms with Crippen LogP contribution >= 0.6 is 0 Å². The molecular weight excluding hydrogens is 316 g/mol. The van der Waals surface area contributed by atoms with E-state index >= 15 is 0 Å². The third-order valence-corrected chi connectivity index (χ3v) is 4.63. The lowest BCUT2D eigenvalue weighted by molar-refractivity contribution is 0.0776. The van der Waals surface area contributed by atoms with Crippen molar-refractivity contribution in [1.29, 1.82) is 0 Å². The molecule has 2 amide bonds. The minimum absolute atomic E-state index is 0.0121. The maximum atomic E-state index is 12.7. The summed E-state index contributed by atoms with van der Waals surface area (Å²) in [5, 5.41) is 2.80. The maximum Gasteiger partial charge on any atom is 0.257 e. The second-order valence-electron chi connectivity index (χ2n) is 6.77. The molecule has 0 saturated carbocycles. The summed E-state index contributed by atoms with van der Waals surface area (Å²) < 4.78 is 0. The first-order valence-corrected chi connectivity index (χ1v) is 8.32. The third kappa shape index (κ3) is 3.85. The van der Waals surface area contributed by atoms with Gasteiger partial charge in [0.15, 0.2) is 0 Å². The summed E-state index contributed by atoms with van der Waals surface area (Å²) in [6.45, 7) is 4.04. The highest BCUT2D eigenvalue weighted by Crippen LogP contribution is 2.29. The van der Waals surface area contributed by atoms with Gasteiger partial charge in [-0.3, -0.25) is 14.6 Å². The number of nitrogens with two attached hydrogens (primary N) is 1. The van der Waals surface area contributed by atoms with Gasteiger partial charge in [0.25, 0.3) is 11.8 Å². The number of hydrogen-bond acceptors (Lipinski definition) is 4. The normalized spacial score (nSPS) is 19.7. The van der Waals surface area contributed by atoms with Crippen LogP contribution in [0, 0.1) is 5.41 Å². The Labute approximate surface area is 147 Å². The van der Waals surface area contributed by atoms with Gasteiger partial charge in [0, 0.05) is 36.7 Å². The predicted octanol–water partition coefficient (Wildman–Crippen LogP) is 2.14. The number of amides is 2. The standard InChI is InChI=1S/C19H22N4O2/c1-19(12-20)7-9-23(13-19)18(25)14-4-2-6-16(10-14)22-17(24)15-5-3-8-21-11-15/h2-6,8,10-11H,7,9,12-13,20H2,1H3,(H,22,24). The molecule has 1 atom stereocenters. The average molecular weight is 338 g/mol. The van der Waals surface area contributed by atoms with Crippen molar-refractivity contribution in [2.75, 3.05) is 25.0 Å². The van der Waals surface area contributed by atoms with Crippen LogP contribution < -0.4 is 11.1 Å². The van der Waals surface area contributed by atoms with E-state index in [1.54, 1.807) is 42.6 Å². The minimum atomic E-state index is -0.255. The summed E-state index contributed by atoms with van der Waals surface area (Å²) >= 11 is 0. The van der Waals surface area contributed by atoms with Crippen LogP contribution in [0.3, 0.4) is 0 Å². The zero-order valence-corrected chi connectivity index (χ0v) is 14.2. The first-order chi connectivity index (χ1) is 12.0. The maximum absolute atomic E-state index is 12.7. The lowest BCUT2D eigenvalue weighted by Gasteiger charge is -2.22. The number of nitrogens with zero attached hydrogens (tertiary/aromatic N) is 2. The van der Waals surface area contributed by atoms with Crippen molar-refractivity contribution in [1.82, 2.24) is 9.88 Å². The van der Waals surface area contributed by atoms with Gasteiger partial charge in [-0.2, -0.15) is 0 Å². The number of anilines is 1. The van der Waals surface area contributed by atoms with Crippen LogP contribution in [0.15, 0.2) is 48.8 Å². The number of carbonyl (C=O) groups excluding carboxylic acids is 2. The number of carbonyl (C=O) groups is 2. The highest BCUT2D eigenvalue weighted by molar-refractivity contribution is 6.04. The molecule has 25 heavy (non-hydrogen) atoms. The van der Waals surface area contributed by atoms with E-state index in [2.05, 4.69) is 17.2 Å². The van der Waals surface area contributed by atoms with E-state index in [9.17, 15) is 9.59 Å². The number of nitrogens with one attached hydrogen (secondary N) is 1. The summed E-state index contributed by atoms with van der Waals surface area (Å²) in [5.41, 5.74) is 7.41. The van der Waals surface area contributed by atoms with E-state index in [0.717, 1.165) is 6.42 Å². The topological polar surface area (TPSA) is 88.3 Å². The zero-order valence-electron chi connectivity index (χ0n) is 14.2. The highest BCUT2D eigenvalue weighted by Gasteiger charge is 2.35. The molecule has 0 spiro atoms. The molecule has 130 valence electrons. The van der Waals surface area contributed by atoms with Crippen LogP contribution in [0.2, 0.25) is 0 Å². The van der Waals surface area contributed by atoms with Crippen LogP contribution in [0.4, 0.5) is 5.69 Å². The monoisotopic (exact) mass is 338 g/mol. The van der Waals surface area contributed by atoms with Crippen LogP contribution in [0.5, 0.6) is 0 Å². The van der Waals surface area contributed by atoms with Crippen LogP contribution in [-0.4, -0.2) is 41.3 Å². The first-order valence-electron chi connectivity index (χ1n) is 8.32. The predicted molar refractivity (Wildman–Crippen MR) is 96.3 cm³/mol. The van der Waals surface area contributed by atoms with Crippen molar-refractivity contribution in [3.8, 4) is 0 Å². The summed E-state index contributed by atoms with van der Waals surface area (Å²) in [5.74, 6) is -0.288. The second-order valence-corrected chi connectivity index (χ2v) is 6.77. The molecule has 3 rings (SSSR count). The average Bonchev–Trinajstić information content (AvgIpc) is 3.05. The summed E-state index contributed by atoms with van der Waals surface area (Å²) in [6, 6.07) is 10.4. The quantitative estimate of drug-likeness (QED) is 0.894. The Morgan fingerprint density at radius 1 is 1.28 bits per heavy atom. The molecule has 1 aliphatic heterocycles. The van der Waals surface area contributed by atoms with E-state index in [0.29, 0.717) is 36.4 Å².